The molecule has 0 spiro atoms. The van der Waals surface area contributed by atoms with Crippen LogP contribution in [0.1, 0.15) is 18.8 Å². The van der Waals surface area contributed by atoms with Crippen molar-refractivity contribution in [2.75, 3.05) is 12.3 Å². The molecule has 1 aliphatic heterocycles. The minimum atomic E-state index is -1.21. The number of anilines is 1. The molecule has 1 saturated heterocycles. The number of nitrogens with zero attached hydrogens (tertiary/aromatic N) is 3. The maximum absolute atomic E-state index is 11.1. The standard InChI is InChI=1S/C11H14N4O5/c1-5(17)19-9-8(18)7(3-16)20-11(9)15-4-14-6(2-12)10(15)13/h4,7-9,11,16,18H,3,13H2,1H3/t7-,8-,9+,11-/m1/s1. The number of carbonyl (C=O) groups is 1. The number of rotatable bonds is 3. The van der Waals surface area contributed by atoms with Gasteiger partial charge in [0.1, 0.15) is 30.4 Å². The maximum Gasteiger partial charge on any atom is 0.303 e. The quantitative estimate of drug-likeness (QED) is 0.569. The van der Waals surface area contributed by atoms with Crippen molar-refractivity contribution in [1.29, 1.82) is 5.26 Å². The second-order valence-electron chi connectivity index (χ2n) is 4.31. The number of nitrogens with two attached hydrogens (primary N) is 1. The second kappa shape index (κ2) is 5.46. The molecule has 4 atom stereocenters. The number of aromatic nitrogens is 2. The van der Waals surface area contributed by atoms with E-state index in [1.165, 1.54) is 17.8 Å². The molecule has 20 heavy (non-hydrogen) atoms. The van der Waals surface area contributed by atoms with Gasteiger partial charge in [0, 0.05) is 6.92 Å². The van der Waals surface area contributed by atoms with Crippen LogP contribution in [0.15, 0.2) is 6.33 Å². The van der Waals surface area contributed by atoms with Crippen LogP contribution in [0.4, 0.5) is 5.82 Å². The van der Waals surface area contributed by atoms with Crippen molar-refractivity contribution in [3.8, 4) is 6.07 Å². The van der Waals surface area contributed by atoms with E-state index < -0.39 is 37.1 Å². The number of ether oxygens (including phenoxy) is 2. The van der Waals surface area contributed by atoms with Crippen LogP contribution in [0.25, 0.3) is 0 Å². The predicted octanol–water partition coefficient (Wildman–Crippen LogP) is -1.48. The van der Waals surface area contributed by atoms with Gasteiger partial charge in [-0.1, -0.05) is 0 Å². The largest absolute Gasteiger partial charge is 0.455 e. The lowest BCUT2D eigenvalue weighted by Gasteiger charge is -2.21. The Kier molecular flexibility index (Phi) is 3.89. The van der Waals surface area contributed by atoms with Crippen molar-refractivity contribution in [1.82, 2.24) is 9.55 Å². The first kappa shape index (κ1) is 14.3. The van der Waals surface area contributed by atoms with E-state index in [4.69, 9.17) is 25.6 Å². The summed E-state index contributed by atoms with van der Waals surface area (Å²) in [4.78, 5) is 14.9. The van der Waals surface area contributed by atoms with E-state index in [1.54, 1.807) is 6.07 Å². The molecular formula is C11H14N4O5. The fourth-order valence-electron chi connectivity index (χ4n) is 2.07. The van der Waals surface area contributed by atoms with Crippen LogP contribution in [0.3, 0.4) is 0 Å². The molecular weight excluding hydrogens is 268 g/mol. The average molecular weight is 282 g/mol. The third-order valence-corrected chi connectivity index (χ3v) is 3.01. The van der Waals surface area contributed by atoms with E-state index in [2.05, 4.69) is 4.98 Å². The molecule has 0 saturated carbocycles. The third kappa shape index (κ3) is 2.32. The Hall–Kier alpha value is -2.15. The molecule has 1 fully saturated rings. The topological polar surface area (TPSA) is 144 Å². The minimum absolute atomic E-state index is 0.00267. The lowest BCUT2D eigenvalue weighted by Crippen LogP contribution is -2.36. The Bertz CT molecular complexity index is 551. The number of hydrogen-bond acceptors (Lipinski definition) is 8. The zero-order valence-corrected chi connectivity index (χ0v) is 10.6. The molecule has 9 nitrogen and oxygen atoms in total. The van der Waals surface area contributed by atoms with Crippen LogP contribution >= 0.6 is 0 Å². The van der Waals surface area contributed by atoms with Gasteiger partial charge in [0.25, 0.3) is 0 Å². The molecule has 0 unspecified atom stereocenters. The predicted molar refractivity (Wildman–Crippen MR) is 63.9 cm³/mol. The van der Waals surface area contributed by atoms with Crippen LogP contribution in [0, 0.1) is 11.3 Å². The number of aliphatic hydroxyl groups is 2. The molecule has 1 aliphatic rings. The average Bonchev–Trinajstić information content (AvgIpc) is 2.91. The number of nitrogen functional groups attached to an aromatic ring is 1. The number of esters is 1. The smallest absolute Gasteiger partial charge is 0.303 e. The first-order chi connectivity index (χ1) is 9.49. The van der Waals surface area contributed by atoms with Gasteiger partial charge in [-0.25, -0.2) is 4.98 Å². The molecule has 0 aromatic carbocycles. The monoisotopic (exact) mass is 282 g/mol. The Balaban J connectivity index is 2.34. The van der Waals surface area contributed by atoms with Gasteiger partial charge in [0.2, 0.25) is 0 Å². The fourth-order valence-corrected chi connectivity index (χ4v) is 2.07. The SMILES string of the molecule is CC(=O)O[C@H]1[C@H](O)[C@@H](CO)O[C@H]1n1cnc(C#N)c1N. The molecule has 0 amide bonds. The molecule has 2 rings (SSSR count). The summed E-state index contributed by atoms with van der Waals surface area (Å²) in [5.41, 5.74) is 5.73. The molecule has 4 N–H and O–H groups in total. The maximum atomic E-state index is 11.1. The summed E-state index contributed by atoms with van der Waals surface area (Å²) in [6, 6.07) is 1.80. The highest BCUT2D eigenvalue weighted by atomic mass is 16.6. The van der Waals surface area contributed by atoms with E-state index in [1.807, 2.05) is 0 Å². The molecule has 0 bridgehead atoms. The molecule has 108 valence electrons. The number of nitriles is 1. The third-order valence-electron chi connectivity index (χ3n) is 3.01. The van der Waals surface area contributed by atoms with Gasteiger partial charge >= 0.3 is 5.97 Å². The molecule has 1 aromatic rings. The van der Waals surface area contributed by atoms with E-state index >= 15 is 0 Å². The van der Waals surface area contributed by atoms with Crippen molar-refractivity contribution in [3.05, 3.63) is 12.0 Å². The van der Waals surface area contributed by atoms with Crippen LogP contribution in [-0.4, -0.2) is 50.7 Å². The van der Waals surface area contributed by atoms with Crippen LogP contribution < -0.4 is 5.73 Å². The fraction of sp³-hybridized carbons (Fsp3) is 0.545. The first-order valence-corrected chi connectivity index (χ1v) is 5.83. The van der Waals surface area contributed by atoms with Crippen LogP contribution in [-0.2, 0) is 14.3 Å². The second-order valence-corrected chi connectivity index (χ2v) is 4.31. The highest BCUT2D eigenvalue weighted by molar-refractivity contribution is 5.66. The van der Waals surface area contributed by atoms with Gasteiger partial charge < -0.3 is 25.4 Å². The van der Waals surface area contributed by atoms with Gasteiger partial charge in [0.15, 0.2) is 18.0 Å². The number of aliphatic hydroxyl groups excluding tert-OH is 2. The normalized spacial score (nSPS) is 29.1. The highest BCUT2D eigenvalue weighted by Gasteiger charge is 2.47. The highest BCUT2D eigenvalue weighted by Crippen LogP contribution is 2.33. The summed E-state index contributed by atoms with van der Waals surface area (Å²) >= 11 is 0. The zero-order valence-electron chi connectivity index (χ0n) is 10.6. The Morgan fingerprint density at radius 3 is 2.95 bits per heavy atom. The van der Waals surface area contributed by atoms with Gasteiger partial charge in [-0.05, 0) is 0 Å². The molecule has 0 aliphatic carbocycles. The molecule has 9 heteroatoms. The summed E-state index contributed by atoms with van der Waals surface area (Å²) in [6.45, 7) is 0.739. The summed E-state index contributed by atoms with van der Waals surface area (Å²) in [5.74, 6) is -0.583. The first-order valence-electron chi connectivity index (χ1n) is 5.83. The lowest BCUT2D eigenvalue weighted by atomic mass is 10.1. The van der Waals surface area contributed by atoms with Crippen LogP contribution in [0.5, 0.6) is 0 Å². The van der Waals surface area contributed by atoms with Crippen molar-refractivity contribution < 1.29 is 24.5 Å². The van der Waals surface area contributed by atoms with Gasteiger partial charge in [0.05, 0.1) is 6.61 Å². The molecule has 2 heterocycles. The van der Waals surface area contributed by atoms with Crippen molar-refractivity contribution in [3.63, 3.8) is 0 Å². The van der Waals surface area contributed by atoms with Gasteiger partial charge in [-0.2, -0.15) is 5.26 Å². The number of carbonyl (C=O) groups excluding carboxylic acids is 1. The minimum Gasteiger partial charge on any atom is -0.455 e. The zero-order chi connectivity index (χ0) is 14.9. The van der Waals surface area contributed by atoms with Crippen molar-refractivity contribution in [2.45, 2.75) is 31.5 Å². The summed E-state index contributed by atoms with van der Waals surface area (Å²) in [6.07, 6.45) is -2.88. The van der Waals surface area contributed by atoms with Crippen molar-refractivity contribution in [2.24, 2.45) is 0 Å². The van der Waals surface area contributed by atoms with E-state index in [0.717, 1.165) is 0 Å². The number of hydrogen-bond donors (Lipinski definition) is 3. The lowest BCUT2D eigenvalue weighted by molar-refractivity contribution is -0.155. The van der Waals surface area contributed by atoms with E-state index in [0.29, 0.717) is 0 Å². The van der Waals surface area contributed by atoms with Crippen molar-refractivity contribution >= 4 is 11.8 Å². The Morgan fingerprint density at radius 2 is 2.45 bits per heavy atom. The Morgan fingerprint density at radius 1 is 1.75 bits per heavy atom. The molecule has 1 aromatic heterocycles. The van der Waals surface area contributed by atoms with Gasteiger partial charge in [-0.15, -0.1) is 0 Å². The Labute approximate surface area is 114 Å². The van der Waals surface area contributed by atoms with E-state index in [-0.39, 0.29) is 11.5 Å². The summed E-state index contributed by atoms with van der Waals surface area (Å²) < 4.78 is 11.7. The summed E-state index contributed by atoms with van der Waals surface area (Å²) in [7, 11) is 0. The van der Waals surface area contributed by atoms with Crippen LogP contribution in [0.2, 0.25) is 0 Å². The molecule has 0 radical (unpaired) electrons. The van der Waals surface area contributed by atoms with Gasteiger partial charge in [-0.3, -0.25) is 9.36 Å². The van der Waals surface area contributed by atoms with E-state index in [9.17, 15) is 9.90 Å². The summed E-state index contributed by atoms with van der Waals surface area (Å²) in [5, 5.41) is 27.9. The number of imidazole rings is 1.